The third-order valence-corrected chi connectivity index (χ3v) is 5.14. The Labute approximate surface area is 140 Å². The van der Waals surface area contributed by atoms with E-state index in [0.717, 1.165) is 26.1 Å². The van der Waals surface area contributed by atoms with Gasteiger partial charge < -0.3 is 10.4 Å². The van der Waals surface area contributed by atoms with E-state index >= 15 is 0 Å². The lowest BCUT2D eigenvalue weighted by molar-refractivity contribution is 0.0732. The van der Waals surface area contributed by atoms with E-state index in [4.69, 9.17) is 0 Å². The van der Waals surface area contributed by atoms with Gasteiger partial charge in [-0.05, 0) is 36.5 Å². The van der Waals surface area contributed by atoms with Crippen LogP contribution in [0.2, 0.25) is 0 Å². The van der Waals surface area contributed by atoms with E-state index in [2.05, 4.69) is 32.7 Å². The van der Waals surface area contributed by atoms with Gasteiger partial charge in [0.05, 0.1) is 5.56 Å². The molecule has 6 heteroatoms. The lowest BCUT2D eigenvalue weighted by atomic mass is 9.92. The van der Waals surface area contributed by atoms with Crippen LogP contribution in [0.3, 0.4) is 0 Å². The highest BCUT2D eigenvalue weighted by atomic mass is 32.1. The summed E-state index contributed by atoms with van der Waals surface area (Å²) in [4.78, 5) is 20.0. The Morgan fingerprint density at radius 2 is 2.35 bits per heavy atom. The zero-order valence-electron chi connectivity index (χ0n) is 12.9. The zero-order chi connectivity index (χ0) is 16.1. The summed E-state index contributed by atoms with van der Waals surface area (Å²) in [6.45, 7) is 2.71. The van der Waals surface area contributed by atoms with Crippen LogP contribution in [-0.2, 0) is 6.54 Å². The molecule has 2 aromatic heterocycles. The second kappa shape index (κ2) is 7.68. The first kappa shape index (κ1) is 16.1. The largest absolute Gasteiger partial charge is 0.396 e. The van der Waals surface area contributed by atoms with Crippen molar-refractivity contribution >= 4 is 17.2 Å². The molecule has 1 saturated heterocycles. The van der Waals surface area contributed by atoms with Gasteiger partial charge in [-0.2, -0.15) is 0 Å². The predicted molar refractivity (Wildman–Crippen MR) is 90.3 cm³/mol. The number of rotatable bonds is 5. The van der Waals surface area contributed by atoms with Gasteiger partial charge in [-0.15, -0.1) is 11.3 Å². The Morgan fingerprint density at radius 1 is 1.43 bits per heavy atom. The van der Waals surface area contributed by atoms with Gasteiger partial charge in [-0.25, -0.2) is 0 Å². The molecule has 0 unspecified atom stereocenters. The quantitative estimate of drug-likeness (QED) is 0.876. The maximum Gasteiger partial charge on any atom is 0.253 e. The Kier molecular flexibility index (Phi) is 5.38. The van der Waals surface area contributed by atoms with Crippen molar-refractivity contribution in [2.45, 2.75) is 19.0 Å². The number of carbonyl (C=O) groups excluding carboxylic acids is 1. The number of aliphatic hydroxyl groups is 1. The molecule has 3 rings (SSSR count). The van der Waals surface area contributed by atoms with Crippen molar-refractivity contribution in [1.82, 2.24) is 15.2 Å². The van der Waals surface area contributed by atoms with Crippen molar-refractivity contribution in [2.75, 3.05) is 19.7 Å². The van der Waals surface area contributed by atoms with Gasteiger partial charge in [0.25, 0.3) is 5.91 Å². The van der Waals surface area contributed by atoms with Crippen LogP contribution in [0.15, 0.2) is 42.0 Å². The number of nitrogens with zero attached hydrogens (tertiary/aromatic N) is 2. The molecule has 0 aromatic carbocycles. The van der Waals surface area contributed by atoms with E-state index in [1.165, 1.54) is 4.88 Å². The molecule has 0 radical (unpaired) electrons. The average Bonchev–Trinajstić information content (AvgIpc) is 3.09. The minimum absolute atomic E-state index is 0.0404. The van der Waals surface area contributed by atoms with Crippen LogP contribution in [0.4, 0.5) is 0 Å². The van der Waals surface area contributed by atoms with Gasteiger partial charge in [0, 0.05) is 48.9 Å². The van der Waals surface area contributed by atoms with Gasteiger partial charge >= 0.3 is 0 Å². The normalized spacial score (nSPS) is 22.0. The molecule has 23 heavy (non-hydrogen) atoms. The van der Waals surface area contributed by atoms with Crippen LogP contribution >= 0.6 is 11.3 Å². The number of hydrogen-bond acceptors (Lipinski definition) is 5. The molecule has 5 nitrogen and oxygen atoms in total. The number of hydrogen-bond donors (Lipinski definition) is 2. The van der Waals surface area contributed by atoms with E-state index in [1.807, 2.05) is 0 Å². The van der Waals surface area contributed by atoms with E-state index in [1.54, 1.807) is 35.9 Å². The van der Waals surface area contributed by atoms with Crippen LogP contribution in [0, 0.1) is 5.92 Å². The van der Waals surface area contributed by atoms with Crippen LogP contribution in [-0.4, -0.2) is 46.6 Å². The number of carbonyl (C=O) groups is 1. The topological polar surface area (TPSA) is 65.5 Å². The van der Waals surface area contributed by atoms with Gasteiger partial charge in [-0.1, -0.05) is 6.07 Å². The highest BCUT2D eigenvalue weighted by Crippen LogP contribution is 2.21. The summed E-state index contributed by atoms with van der Waals surface area (Å²) in [5.74, 6) is -0.0188. The molecule has 1 fully saturated rings. The molecule has 0 spiro atoms. The Morgan fingerprint density at radius 3 is 3.04 bits per heavy atom. The molecule has 0 bridgehead atoms. The Balaban J connectivity index is 1.63. The van der Waals surface area contributed by atoms with Crippen LogP contribution in [0.25, 0.3) is 0 Å². The van der Waals surface area contributed by atoms with Crippen LogP contribution in [0.1, 0.15) is 21.7 Å². The minimum atomic E-state index is -0.125. The predicted octanol–water partition coefficient (Wildman–Crippen LogP) is 1.76. The van der Waals surface area contributed by atoms with Crippen molar-refractivity contribution in [3.8, 4) is 0 Å². The summed E-state index contributed by atoms with van der Waals surface area (Å²) >= 11 is 1.75. The number of aromatic nitrogens is 1. The van der Waals surface area contributed by atoms with Crippen molar-refractivity contribution in [2.24, 2.45) is 5.92 Å². The minimum Gasteiger partial charge on any atom is -0.396 e. The first-order valence-electron chi connectivity index (χ1n) is 7.82. The first-order valence-corrected chi connectivity index (χ1v) is 8.70. The number of aliphatic hydroxyl groups excluding tert-OH is 1. The van der Waals surface area contributed by atoms with Crippen molar-refractivity contribution in [1.29, 1.82) is 0 Å². The first-order chi connectivity index (χ1) is 11.3. The summed E-state index contributed by atoms with van der Waals surface area (Å²) in [6, 6.07) is 7.65. The standard InChI is InChI=1S/C17H21N3O2S/c21-12-14-5-7-20(10-15-4-2-8-23-15)11-16(14)19-17(22)13-3-1-6-18-9-13/h1-4,6,8-9,14,16,21H,5,7,10-12H2,(H,19,22)/t14-,16-/m1/s1. The summed E-state index contributed by atoms with van der Waals surface area (Å²) in [6.07, 6.45) is 4.10. The van der Waals surface area contributed by atoms with E-state index < -0.39 is 0 Å². The van der Waals surface area contributed by atoms with Crippen LogP contribution < -0.4 is 5.32 Å². The lowest BCUT2D eigenvalue weighted by Gasteiger charge is -2.38. The molecule has 122 valence electrons. The summed E-state index contributed by atoms with van der Waals surface area (Å²) in [7, 11) is 0. The van der Waals surface area contributed by atoms with Gasteiger partial charge in [0.2, 0.25) is 0 Å². The van der Waals surface area contributed by atoms with Crippen molar-refractivity contribution in [3.05, 3.63) is 52.5 Å². The van der Waals surface area contributed by atoms with E-state index in [0.29, 0.717) is 5.56 Å². The monoisotopic (exact) mass is 331 g/mol. The maximum absolute atomic E-state index is 12.3. The molecule has 1 aliphatic rings. The third kappa shape index (κ3) is 4.16. The molecule has 1 amide bonds. The number of thiophene rings is 1. The summed E-state index contributed by atoms with van der Waals surface area (Å²) in [5, 5.41) is 14.8. The third-order valence-electron chi connectivity index (χ3n) is 4.27. The SMILES string of the molecule is O=C(N[C@@H]1CN(Cc2cccs2)CC[C@@H]1CO)c1cccnc1. The molecule has 2 atom stereocenters. The molecule has 0 aliphatic carbocycles. The fraction of sp³-hybridized carbons (Fsp3) is 0.412. The van der Waals surface area contributed by atoms with Crippen molar-refractivity contribution in [3.63, 3.8) is 0 Å². The smallest absolute Gasteiger partial charge is 0.253 e. The molecule has 0 saturated carbocycles. The Bertz CT molecular complexity index is 618. The number of piperidine rings is 1. The summed E-state index contributed by atoms with van der Waals surface area (Å²) < 4.78 is 0. The number of pyridine rings is 1. The Hall–Kier alpha value is -1.76. The average molecular weight is 331 g/mol. The van der Waals surface area contributed by atoms with Crippen LogP contribution in [0.5, 0.6) is 0 Å². The summed E-state index contributed by atoms with van der Waals surface area (Å²) in [5.41, 5.74) is 0.555. The second-order valence-corrected chi connectivity index (χ2v) is 6.90. The maximum atomic E-state index is 12.3. The molecular weight excluding hydrogens is 310 g/mol. The number of nitrogens with one attached hydrogen (secondary N) is 1. The zero-order valence-corrected chi connectivity index (χ0v) is 13.7. The molecule has 3 heterocycles. The van der Waals surface area contributed by atoms with Gasteiger partial charge in [0.15, 0.2) is 0 Å². The van der Waals surface area contributed by atoms with E-state index in [9.17, 15) is 9.90 Å². The molecule has 1 aliphatic heterocycles. The lowest BCUT2D eigenvalue weighted by Crippen LogP contribution is -2.53. The highest BCUT2D eigenvalue weighted by Gasteiger charge is 2.30. The molecule has 2 aromatic rings. The van der Waals surface area contributed by atoms with Gasteiger partial charge in [-0.3, -0.25) is 14.7 Å². The second-order valence-electron chi connectivity index (χ2n) is 5.87. The number of likely N-dealkylation sites (tertiary alicyclic amines) is 1. The highest BCUT2D eigenvalue weighted by molar-refractivity contribution is 7.09. The fourth-order valence-corrected chi connectivity index (χ4v) is 3.71. The molecule has 2 N–H and O–H groups in total. The number of amides is 1. The molecular formula is C17H21N3O2S. The van der Waals surface area contributed by atoms with Gasteiger partial charge in [0.1, 0.15) is 0 Å². The fourth-order valence-electron chi connectivity index (χ4n) is 2.97. The van der Waals surface area contributed by atoms with E-state index in [-0.39, 0.29) is 24.5 Å². The van der Waals surface area contributed by atoms with Crippen molar-refractivity contribution < 1.29 is 9.90 Å².